The lowest BCUT2D eigenvalue weighted by molar-refractivity contribution is 0.520. The Morgan fingerprint density at radius 2 is 1.94 bits per heavy atom. The van der Waals surface area contributed by atoms with Gasteiger partial charge in [0.25, 0.3) is 0 Å². The minimum atomic E-state index is 1.21. The Balaban J connectivity index is 0.000000181. The zero-order chi connectivity index (χ0) is 11.5. The topological polar surface area (TPSA) is 27.8 Å². The number of hydrogen-bond donors (Lipinski definition) is 2. The van der Waals surface area contributed by atoms with Crippen LogP contribution in [0.5, 0.6) is 0 Å². The molecule has 0 aromatic carbocycles. The van der Waals surface area contributed by atoms with Crippen molar-refractivity contribution >= 4 is 0 Å². The molecule has 1 aliphatic heterocycles. The van der Waals surface area contributed by atoms with Gasteiger partial charge in [0, 0.05) is 11.9 Å². The standard InChI is InChI=1S/C9H15N.C5H11N/c1-2-3-4-6-9-7-5-8-10-9;1-2-4-6-5-3-1/h5,7-8,10H,2-4,6H2,1H3;6H,1-5H2. The molecule has 0 atom stereocenters. The highest BCUT2D eigenvalue weighted by Gasteiger charge is 1.93. The van der Waals surface area contributed by atoms with Gasteiger partial charge in [-0.3, -0.25) is 0 Å². The van der Waals surface area contributed by atoms with Crippen molar-refractivity contribution < 1.29 is 0 Å². The largest absolute Gasteiger partial charge is 0.365 e. The summed E-state index contributed by atoms with van der Waals surface area (Å²) < 4.78 is 0. The van der Waals surface area contributed by atoms with E-state index in [0.29, 0.717) is 0 Å². The van der Waals surface area contributed by atoms with Gasteiger partial charge < -0.3 is 10.3 Å². The maximum Gasteiger partial charge on any atom is 0.0147 e. The predicted octanol–water partition coefficient (Wildman–Crippen LogP) is 3.51. The maximum absolute atomic E-state index is 3.28. The summed E-state index contributed by atoms with van der Waals surface area (Å²) in [4.78, 5) is 3.20. The number of aromatic nitrogens is 1. The molecule has 0 bridgehead atoms. The lowest BCUT2D eigenvalue weighted by Crippen LogP contribution is -2.21. The Morgan fingerprint density at radius 3 is 2.38 bits per heavy atom. The van der Waals surface area contributed by atoms with Gasteiger partial charge in [-0.25, -0.2) is 0 Å². The summed E-state index contributed by atoms with van der Waals surface area (Å²) in [7, 11) is 0. The number of unbranched alkanes of at least 4 members (excludes halogenated alkanes) is 2. The van der Waals surface area contributed by atoms with Crippen molar-refractivity contribution in [1.82, 2.24) is 10.3 Å². The number of nitrogens with one attached hydrogen (secondary N) is 2. The van der Waals surface area contributed by atoms with Crippen LogP contribution in [-0.2, 0) is 6.42 Å². The first kappa shape index (κ1) is 13.3. The van der Waals surface area contributed by atoms with Crippen molar-refractivity contribution in [2.75, 3.05) is 13.1 Å². The van der Waals surface area contributed by atoms with Gasteiger partial charge in [0.15, 0.2) is 0 Å². The van der Waals surface area contributed by atoms with Crippen LogP contribution in [0, 0.1) is 0 Å². The van der Waals surface area contributed by atoms with E-state index in [1.54, 1.807) is 0 Å². The third kappa shape index (κ3) is 6.67. The first-order chi connectivity index (χ1) is 7.93. The van der Waals surface area contributed by atoms with Gasteiger partial charge in [0.2, 0.25) is 0 Å². The lowest BCUT2D eigenvalue weighted by Gasteiger charge is -2.08. The first-order valence-corrected chi connectivity index (χ1v) is 6.76. The van der Waals surface area contributed by atoms with Gasteiger partial charge in [0.05, 0.1) is 0 Å². The molecule has 0 saturated carbocycles. The molecule has 0 unspecified atom stereocenters. The Morgan fingerprint density at radius 1 is 1.12 bits per heavy atom. The molecule has 1 aliphatic rings. The molecule has 1 aromatic rings. The molecule has 1 fully saturated rings. The molecule has 1 saturated heterocycles. The summed E-state index contributed by atoms with van der Waals surface area (Å²) in [6.45, 7) is 4.73. The van der Waals surface area contributed by atoms with Crippen LogP contribution >= 0.6 is 0 Å². The van der Waals surface area contributed by atoms with E-state index in [-0.39, 0.29) is 0 Å². The van der Waals surface area contributed by atoms with Crippen molar-refractivity contribution in [2.24, 2.45) is 0 Å². The summed E-state index contributed by atoms with van der Waals surface area (Å²) in [5.41, 5.74) is 1.37. The van der Waals surface area contributed by atoms with Crippen molar-refractivity contribution in [3.8, 4) is 0 Å². The summed E-state index contributed by atoms with van der Waals surface area (Å²) in [6.07, 6.45) is 11.4. The second-order valence-electron chi connectivity index (χ2n) is 4.46. The fraction of sp³-hybridized carbons (Fsp3) is 0.714. The monoisotopic (exact) mass is 222 g/mol. The molecular formula is C14H26N2. The molecule has 2 nitrogen and oxygen atoms in total. The van der Waals surface area contributed by atoms with Crippen molar-refractivity contribution in [1.29, 1.82) is 0 Å². The maximum atomic E-state index is 3.28. The van der Waals surface area contributed by atoms with Crippen molar-refractivity contribution in [2.45, 2.75) is 51.9 Å². The van der Waals surface area contributed by atoms with Crippen molar-refractivity contribution in [3.05, 3.63) is 24.0 Å². The molecule has 1 aromatic heterocycles. The van der Waals surface area contributed by atoms with E-state index in [4.69, 9.17) is 0 Å². The second-order valence-corrected chi connectivity index (χ2v) is 4.46. The number of hydrogen-bond acceptors (Lipinski definition) is 1. The quantitative estimate of drug-likeness (QED) is 0.750. The number of aromatic amines is 1. The summed E-state index contributed by atoms with van der Waals surface area (Å²) >= 11 is 0. The highest BCUT2D eigenvalue weighted by molar-refractivity contribution is 5.03. The van der Waals surface area contributed by atoms with Crippen LogP contribution in [0.2, 0.25) is 0 Å². The third-order valence-corrected chi connectivity index (χ3v) is 2.92. The second kappa shape index (κ2) is 9.46. The van der Waals surface area contributed by atoms with E-state index in [2.05, 4.69) is 29.4 Å². The van der Waals surface area contributed by atoms with Crippen LogP contribution in [0.4, 0.5) is 0 Å². The van der Waals surface area contributed by atoms with Gasteiger partial charge in [0.1, 0.15) is 0 Å². The average Bonchev–Trinajstić information content (AvgIpc) is 2.86. The van der Waals surface area contributed by atoms with Crippen LogP contribution in [0.15, 0.2) is 18.3 Å². The van der Waals surface area contributed by atoms with Gasteiger partial charge in [-0.05, 0) is 50.9 Å². The Bertz CT molecular complexity index is 213. The Hall–Kier alpha value is -0.760. The smallest absolute Gasteiger partial charge is 0.0147 e. The number of rotatable bonds is 4. The molecule has 16 heavy (non-hydrogen) atoms. The van der Waals surface area contributed by atoms with E-state index in [0.717, 1.165) is 0 Å². The minimum Gasteiger partial charge on any atom is -0.365 e. The van der Waals surface area contributed by atoms with Crippen LogP contribution in [0.25, 0.3) is 0 Å². The number of piperidine rings is 1. The molecule has 2 heterocycles. The van der Waals surface area contributed by atoms with E-state index in [9.17, 15) is 0 Å². The molecule has 0 amide bonds. The molecule has 0 radical (unpaired) electrons. The fourth-order valence-electron chi connectivity index (χ4n) is 1.89. The zero-order valence-corrected chi connectivity index (χ0v) is 10.6. The van der Waals surface area contributed by atoms with Gasteiger partial charge in [-0.15, -0.1) is 0 Å². The SMILES string of the molecule is C1CCNCC1.CCCCCc1ccc[nH]1. The number of aryl methyl sites for hydroxylation is 1. The van der Waals surface area contributed by atoms with E-state index < -0.39 is 0 Å². The Kier molecular flexibility index (Phi) is 7.87. The van der Waals surface area contributed by atoms with Gasteiger partial charge in [-0.1, -0.05) is 26.2 Å². The average molecular weight is 222 g/mol. The molecular weight excluding hydrogens is 196 g/mol. The molecule has 0 spiro atoms. The van der Waals surface area contributed by atoms with Crippen LogP contribution in [0.3, 0.4) is 0 Å². The van der Waals surface area contributed by atoms with Crippen molar-refractivity contribution in [3.63, 3.8) is 0 Å². The number of H-pyrrole nitrogens is 1. The highest BCUT2D eigenvalue weighted by Crippen LogP contribution is 2.02. The Labute approximate surface area is 99.8 Å². The van der Waals surface area contributed by atoms with E-state index >= 15 is 0 Å². The minimum absolute atomic E-state index is 1.21. The fourth-order valence-corrected chi connectivity index (χ4v) is 1.89. The van der Waals surface area contributed by atoms with Crippen LogP contribution in [-0.4, -0.2) is 18.1 Å². The van der Waals surface area contributed by atoms with Gasteiger partial charge in [-0.2, -0.15) is 0 Å². The molecule has 2 heteroatoms. The van der Waals surface area contributed by atoms with Crippen LogP contribution < -0.4 is 5.32 Å². The zero-order valence-electron chi connectivity index (χ0n) is 10.6. The van der Waals surface area contributed by atoms with E-state index in [1.165, 1.54) is 63.7 Å². The molecule has 2 rings (SSSR count). The van der Waals surface area contributed by atoms with Gasteiger partial charge >= 0.3 is 0 Å². The molecule has 92 valence electrons. The third-order valence-electron chi connectivity index (χ3n) is 2.92. The summed E-state index contributed by atoms with van der Waals surface area (Å²) in [5, 5.41) is 3.28. The molecule has 2 N–H and O–H groups in total. The lowest BCUT2D eigenvalue weighted by atomic mass is 10.2. The molecule has 0 aliphatic carbocycles. The predicted molar refractivity (Wildman–Crippen MR) is 70.7 cm³/mol. The van der Waals surface area contributed by atoms with Crippen LogP contribution in [0.1, 0.15) is 51.1 Å². The van der Waals surface area contributed by atoms with E-state index in [1.807, 2.05) is 6.20 Å². The summed E-state index contributed by atoms with van der Waals surface area (Å²) in [6, 6.07) is 4.21. The first-order valence-electron chi connectivity index (χ1n) is 6.76. The highest BCUT2D eigenvalue weighted by atomic mass is 14.9. The normalized spacial score (nSPS) is 15.3. The summed E-state index contributed by atoms with van der Waals surface area (Å²) in [5.74, 6) is 0.